The zero-order valence-corrected chi connectivity index (χ0v) is 15.4. The second-order valence-corrected chi connectivity index (χ2v) is 7.41. The maximum atomic E-state index is 10.1. The Hall–Kier alpha value is -2.19. The fourth-order valence-corrected chi connectivity index (χ4v) is 3.39. The predicted molar refractivity (Wildman–Crippen MR) is 100 cm³/mol. The molecule has 0 spiro atoms. The van der Waals surface area contributed by atoms with Crippen LogP contribution in [0.2, 0.25) is 0 Å². The molecule has 2 aromatic heterocycles. The molecule has 0 bridgehead atoms. The summed E-state index contributed by atoms with van der Waals surface area (Å²) in [6, 6.07) is 8.22. The number of benzene rings is 1. The Morgan fingerprint density at radius 3 is 2.64 bits per heavy atom. The molecule has 4 rings (SSSR count). The molecular formula is C17H19BrN6O. The van der Waals surface area contributed by atoms with Crippen molar-refractivity contribution in [1.29, 1.82) is 0 Å². The van der Waals surface area contributed by atoms with Gasteiger partial charge in [0, 0.05) is 24.5 Å². The van der Waals surface area contributed by atoms with E-state index in [1.807, 2.05) is 19.1 Å². The van der Waals surface area contributed by atoms with E-state index in [9.17, 15) is 5.11 Å². The molecule has 7 nitrogen and oxygen atoms in total. The van der Waals surface area contributed by atoms with Crippen LogP contribution in [0.3, 0.4) is 0 Å². The third kappa shape index (κ3) is 3.45. The summed E-state index contributed by atoms with van der Waals surface area (Å²) in [5, 5.41) is 17.5. The Morgan fingerprint density at radius 1 is 1.20 bits per heavy atom. The summed E-state index contributed by atoms with van der Waals surface area (Å²) in [7, 11) is 0. The number of aliphatic hydroxyl groups is 1. The van der Waals surface area contributed by atoms with Crippen molar-refractivity contribution in [2.45, 2.75) is 25.4 Å². The molecule has 3 aromatic rings. The van der Waals surface area contributed by atoms with E-state index in [-0.39, 0.29) is 0 Å². The van der Waals surface area contributed by atoms with E-state index in [1.54, 1.807) is 10.7 Å². The lowest BCUT2D eigenvalue weighted by Gasteiger charge is -2.37. The number of piperidine rings is 1. The number of nitrogens with one attached hydrogen (secondary N) is 1. The number of hydrogen-bond donors (Lipinski definition) is 2. The minimum Gasteiger partial charge on any atom is -0.390 e. The molecule has 0 saturated carbocycles. The van der Waals surface area contributed by atoms with Crippen LogP contribution < -0.4 is 10.2 Å². The van der Waals surface area contributed by atoms with Gasteiger partial charge in [-0.15, -0.1) is 0 Å². The van der Waals surface area contributed by atoms with Crippen LogP contribution in [0.15, 0.2) is 41.4 Å². The van der Waals surface area contributed by atoms with Crippen LogP contribution in [0.5, 0.6) is 0 Å². The van der Waals surface area contributed by atoms with Crippen molar-refractivity contribution in [2.75, 3.05) is 23.3 Å². The average Bonchev–Trinajstić information content (AvgIpc) is 3.04. The van der Waals surface area contributed by atoms with Gasteiger partial charge >= 0.3 is 0 Å². The van der Waals surface area contributed by atoms with Crippen molar-refractivity contribution in [1.82, 2.24) is 19.6 Å². The summed E-state index contributed by atoms with van der Waals surface area (Å²) in [5.74, 6) is 0.647. The lowest BCUT2D eigenvalue weighted by molar-refractivity contribution is 0.0351. The van der Waals surface area contributed by atoms with E-state index in [0.717, 1.165) is 37.3 Å². The van der Waals surface area contributed by atoms with E-state index in [0.29, 0.717) is 16.1 Å². The van der Waals surface area contributed by atoms with Crippen LogP contribution in [0.4, 0.5) is 17.2 Å². The maximum absolute atomic E-state index is 10.1. The highest BCUT2D eigenvalue weighted by Gasteiger charge is 2.27. The van der Waals surface area contributed by atoms with Crippen LogP contribution in [-0.4, -0.2) is 43.4 Å². The minimum atomic E-state index is -0.534. The van der Waals surface area contributed by atoms with E-state index in [1.165, 1.54) is 6.33 Å². The number of rotatable bonds is 3. The molecule has 1 saturated heterocycles. The second-order valence-electron chi connectivity index (χ2n) is 6.60. The Bertz CT molecular complexity index is 882. The Balaban J connectivity index is 1.52. The topological polar surface area (TPSA) is 78.6 Å². The van der Waals surface area contributed by atoms with Gasteiger partial charge in [-0.3, -0.25) is 0 Å². The van der Waals surface area contributed by atoms with Gasteiger partial charge in [0.05, 0.1) is 11.8 Å². The standard InChI is InChI=1S/C17H19BrN6O/c1-17(25)6-8-23(9-7-17)13-4-2-12(3-5-13)21-15-16-19-11-20-24(16)10-14(18)22-15/h2-5,10-11,25H,6-9H2,1H3,(H,21,22). The van der Waals surface area contributed by atoms with Crippen molar-refractivity contribution in [3.63, 3.8) is 0 Å². The molecule has 1 fully saturated rings. The lowest BCUT2D eigenvalue weighted by Crippen LogP contribution is -2.42. The van der Waals surface area contributed by atoms with Gasteiger partial charge in [0.15, 0.2) is 11.5 Å². The van der Waals surface area contributed by atoms with Crippen molar-refractivity contribution < 1.29 is 5.11 Å². The lowest BCUT2D eigenvalue weighted by atomic mass is 9.93. The fraction of sp³-hybridized carbons (Fsp3) is 0.353. The third-order valence-corrected chi connectivity index (χ3v) is 4.95. The zero-order valence-electron chi connectivity index (χ0n) is 13.9. The summed E-state index contributed by atoms with van der Waals surface area (Å²) >= 11 is 3.39. The first-order valence-corrected chi connectivity index (χ1v) is 9.00. The Kier molecular flexibility index (Phi) is 4.09. The van der Waals surface area contributed by atoms with Gasteiger partial charge in [-0.25, -0.2) is 14.5 Å². The van der Waals surface area contributed by atoms with E-state index in [2.05, 4.69) is 53.3 Å². The highest BCUT2D eigenvalue weighted by molar-refractivity contribution is 9.10. The average molecular weight is 403 g/mol. The van der Waals surface area contributed by atoms with Crippen LogP contribution in [-0.2, 0) is 0 Å². The monoisotopic (exact) mass is 402 g/mol. The number of hydrogen-bond acceptors (Lipinski definition) is 6. The molecule has 1 aromatic carbocycles. The van der Waals surface area contributed by atoms with Gasteiger partial charge in [-0.2, -0.15) is 5.10 Å². The van der Waals surface area contributed by atoms with Gasteiger partial charge in [0.1, 0.15) is 10.9 Å². The molecule has 0 atom stereocenters. The molecule has 0 unspecified atom stereocenters. The van der Waals surface area contributed by atoms with E-state index in [4.69, 9.17) is 0 Å². The molecule has 1 aliphatic heterocycles. The van der Waals surface area contributed by atoms with Crippen LogP contribution >= 0.6 is 15.9 Å². The van der Waals surface area contributed by atoms with Gasteiger partial charge in [-0.05, 0) is 60.0 Å². The summed E-state index contributed by atoms with van der Waals surface area (Å²) in [6.45, 7) is 3.65. The van der Waals surface area contributed by atoms with Gasteiger partial charge in [0.2, 0.25) is 0 Å². The van der Waals surface area contributed by atoms with Crippen molar-refractivity contribution in [2.24, 2.45) is 0 Å². The van der Waals surface area contributed by atoms with Crippen molar-refractivity contribution in [3.05, 3.63) is 41.4 Å². The Labute approximate surface area is 153 Å². The molecule has 130 valence electrons. The van der Waals surface area contributed by atoms with E-state index >= 15 is 0 Å². The van der Waals surface area contributed by atoms with Gasteiger partial charge in [0.25, 0.3) is 0 Å². The molecule has 1 aliphatic rings. The predicted octanol–water partition coefficient (Wildman–Crippen LogP) is 2.98. The van der Waals surface area contributed by atoms with Crippen LogP contribution in [0.25, 0.3) is 5.65 Å². The molecule has 0 radical (unpaired) electrons. The first kappa shape index (κ1) is 16.3. The highest BCUT2D eigenvalue weighted by Crippen LogP contribution is 2.28. The van der Waals surface area contributed by atoms with Crippen LogP contribution in [0, 0.1) is 0 Å². The summed E-state index contributed by atoms with van der Waals surface area (Å²) in [6.07, 6.45) is 4.85. The molecule has 8 heteroatoms. The second kappa shape index (κ2) is 6.27. The molecule has 0 amide bonds. The molecule has 25 heavy (non-hydrogen) atoms. The molecular weight excluding hydrogens is 384 g/mol. The number of fused-ring (bicyclic) bond motifs is 1. The van der Waals surface area contributed by atoms with Gasteiger partial charge in [-0.1, -0.05) is 0 Å². The first-order valence-electron chi connectivity index (χ1n) is 8.20. The van der Waals surface area contributed by atoms with E-state index < -0.39 is 5.60 Å². The highest BCUT2D eigenvalue weighted by atomic mass is 79.9. The third-order valence-electron chi connectivity index (χ3n) is 4.57. The first-order chi connectivity index (χ1) is 12.0. The fourth-order valence-electron chi connectivity index (χ4n) is 3.02. The molecule has 2 N–H and O–H groups in total. The zero-order chi connectivity index (χ0) is 17.4. The number of halogens is 1. The summed E-state index contributed by atoms with van der Waals surface area (Å²) < 4.78 is 2.36. The normalized spacial score (nSPS) is 17.0. The number of nitrogens with zero attached hydrogens (tertiary/aromatic N) is 5. The minimum absolute atomic E-state index is 0.534. The SMILES string of the molecule is CC1(O)CCN(c2ccc(Nc3nc(Br)cn4ncnc34)cc2)CC1. The van der Waals surface area contributed by atoms with Crippen molar-refractivity contribution in [3.8, 4) is 0 Å². The largest absolute Gasteiger partial charge is 0.390 e. The summed E-state index contributed by atoms with van der Waals surface area (Å²) in [5.41, 5.74) is 2.23. The number of anilines is 3. The molecule has 3 heterocycles. The summed E-state index contributed by atoms with van der Waals surface area (Å²) in [4.78, 5) is 11.0. The molecule has 0 aliphatic carbocycles. The Morgan fingerprint density at radius 2 is 1.92 bits per heavy atom. The number of aromatic nitrogens is 4. The quantitative estimate of drug-likeness (QED) is 0.700. The maximum Gasteiger partial charge on any atom is 0.198 e. The van der Waals surface area contributed by atoms with Crippen LogP contribution in [0.1, 0.15) is 19.8 Å². The van der Waals surface area contributed by atoms with Gasteiger partial charge < -0.3 is 15.3 Å². The smallest absolute Gasteiger partial charge is 0.198 e. The van der Waals surface area contributed by atoms with Crippen molar-refractivity contribution >= 4 is 38.8 Å².